The van der Waals surface area contributed by atoms with E-state index in [1.54, 1.807) is 6.07 Å². The summed E-state index contributed by atoms with van der Waals surface area (Å²) in [5.74, 6) is -0.812. The Morgan fingerprint density at radius 3 is 2.79 bits per heavy atom. The Kier molecular flexibility index (Phi) is 3.72. The van der Waals surface area contributed by atoms with E-state index in [9.17, 15) is 4.39 Å². The van der Waals surface area contributed by atoms with Crippen LogP contribution in [0.15, 0.2) is 18.2 Å². The summed E-state index contributed by atoms with van der Waals surface area (Å²) in [6, 6.07) is 4.83. The molecule has 0 aliphatic carbocycles. The van der Waals surface area contributed by atoms with Gasteiger partial charge in [-0.25, -0.2) is 4.39 Å². The highest BCUT2D eigenvalue weighted by atomic mass is 35.5. The molecule has 1 heterocycles. The van der Waals surface area contributed by atoms with Gasteiger partial charge in [0.1, 0.15) is 0 Å². The van der Waals surface area contributed by atoms with E-state index in [4.69, 9.17) is 5.11 Å². The summed E-state index contributed by atoms with van der Waals surface area (Å²) in [7, 11) is 0. The Balaban J connectivity index is 0.000000980. The van der Waals surface area contributed by atoms with Gasteiger partial charge in [0.05, 0.1) is 0 Å². The number of phenolic OH excluding ortho intramolecular Hbond substituents is 1. The molecular weight excluding hydrogens is 205 g/mol. The third-order valence-electron chi connectivity index (χ3n) is 2.43. The van der Waals surface area contributed by atoms with Gasteiger partial charge in [-0.3, -0.25) is 0 Å². The van der Waals surface area contributed by atoms with Crippen molar-refractivity contribution in [1.82, 2.24) is 5.32 Å². The first-order valence-corrected chi connectivity index (χ1v) is 4.49. The van der Waals surface area contributed by atoms with Crippen LogP contribution in [-0.2, 0) is 0 Å². The Morgan fingerprint density at radius 1 is 1.43 bits per heavy atom. The average molecular weight is 218 g/mol. The molecule has 2 rings (SSSR count). The molecule has 4 heteroatoms. The van der Waals surface area contributed by atoms with Gasteiger partial charge >= 0.3 is 0 Å². The molecule has 0 amide bonds. The number of rotatable bonds is 1. The summed E-state index contributed by atoms with van der Waals surface area (Å²) in [5.41, 5.74) is 0.924. The lowest BCUT2D eigenvalue weighted by atomic mass is 10.1. The summed E-state index contributed by atoms with van der Waals surface area (Å²) in [6.45, 7) is 0.993. The standard InChI is InChI=1S/C10H12FNO.ClH/c11-8-6-7(3-4-10(8)13)9-2-1-5-12-9;/h3-4,6,9,12-13H,1-2,5H2;1H/t9-;/m0./s1. The third kappa shape index (κ3) is 2.16. The second kappa shape index (κ2) is 4.62. The van der Waals surface area contributed by atoms with Gasteiger partial charge < -0.3 is 10.4 Å². The van der Waals surface area contributed by atoms with Crippen molar-refractivity contribution in [2.45, 2.75) is 18.9 Å². The van der Waals surface area contributed by atoms with Crippen molar-refractivity contribution in [1.29, 1.82) is 0 Å². The Morgan fingerprint density at radius 2 is 2.21 bits per heavy atom. The quantitative estimate of drug-likeness (QED) is 0.757. The minimum absolute atomic E-state index is 0. The first-order chi connectivity index (χ1) is 6.27. The minimum atomic E-state index is -0.536. The highest BCUT2D eigenvalue weighted by molar-refractivity contribution is 5.85. The molecule has 14 heavy (non-hydrogen) atoms. The molecule has 0 unspecified atom stereocenters. The van der Waals surface area contributed by atoms with E-state index in [0.29, 0.717) is 0 Å². The van der Waals surface area contributed by atoms with Gasteiger partial charge in [0.25, 0.3) is 0 Å². The van der Waals surface area contributed by atoms with Crippen molar-refractivity contribution in [3.05, 3.63) is 29.6 Å². The average Bonchev–Trinajstić information content (AvgIpc) is 2.62. The molecule has 1 atom stereocenters. The zero-order valence-corrected chi connectivity index (χ0v) is 8.48. The number of phenols is 1. The number of nitrogens with one attached hydrogen (secondary N) is 1. The molecule has 0 saturated carbocycles. The Hall–Kier alpha value is -0.800. The van der Waals surface area contributed by atoms with Crippen molar-refractivity contribution in [3.8, 4) is 5.75 Å². The Bertz CT molecular complexity index is 313. The van der Waals surface area contributed by atoms with E-state index in [-0.39, 0.29) is 24.2 Å². The summed E-state index contributed by atoms with van der Waals surface area (Å²) in [6.07, 6.45) is 2.18. The van der Waals surface area contributed by atoms with Crippen LogP contribution in [0.5, 0.6) is 5.75 Å². The summed E-state index contributed by atoms with van der Waals surface area (Å²) < 4.78 is 13.0. The lowest BCUT2D eigenvalue weighted by Crippen LogP contribution is -2.12. The molecule has 0 bridgehead atoms. The van der Waals surface area contributed by atoms with Crippen LogP contribution in [0, 0.1) is 5.82 Å². The van der Waals surface area contributed by atoms with Crippen LogP contribution in [0.25, 0.3) is 0 Å². The van der Waals surface area contributed by atoms with Crippen LogP contribution in [0.2, 0.25) is 0 Å². The van der Waals surface area contributed by atoms with Gasteiger partial charge in [-0.05, 0) is 37.1 Å². The molecular formula is C10H13ClFNO. The maximum Gasteiger partial charge on any atom is 0.165 e. The van der Waals surface area contributed by atoms with E-state index in [1.807, 2.05) is 0 Å². The van der Waals surface area contributed by atoms with Gasteiger partial charge in [0.15, 0.2) is 11.6 Å². The maximum absolute atomic E-state index is 13.0. The van der Waals surface area contributed by atoms with E-state index < -0.39 is 5.82 Å². The van der Waals surface area contributed by atoms with Crippen molar-refractivity contribution in [3.63, 3.8) is 0 Å². The largest absolute Gasteiger partial charge is 0.505 e. The van der Waals surface area contributed by atoms with Crippen LogP contribution in [0.4, 0.5) is 4.39 Å². The van der Waals surface area contributed by atoms with Crippen LogP contribution >= 0.6 is 12.4 Å². The molecule has 0 aromatic heterocycles. The molecule has 0 radical (unpaired) electrons. The molecule has 1 fully saturated rings. The van der Waals surface area contributed by atoms with E-state index in [0.717, 1.165) is 24.9 Å². The van der Waals surface area contributed by atoms with E-state index in [2.05, 4.69) is 5.32 Å². The summed E-state index contributed by atoms with van der Waals surface area (Å²) in [5, 5.41) is 12.3. The van der Waals surface area contributed by atoms with Gasteiger partial charge in [0, 0.05) is 6.04 Å². The first-order valence-electron chi connectivity index (χ1n) is 4.49. The van der Waals surface area contributed by atoms with Crippen molar-refractivity contribution in [2.75, 3.05) is 6.54 Å². The fraction of sp³-hybridized carbons (Fsp3) is 0.400. The maximum atomic E-state index is 13.0. The normalized spacial score (nSPS) is 20.5. The van der Waals surface area contributed by atoms with Crippen LogP contribution in [0.3, 0.4) is 0 Å². The minimum Gasteiger partial charge on any atom is -0.505 e. The molecule has 0 spiro atoms. The third-order valence-corrected chi connectivity index (χ3v) is 2.43. The fourth-order valence-electron chi connectivity index (χ4n) is 1.71. The summed E-state index contributed by atoms with van der Waals surface area (Å²) >= 11 is 0. The monoisotopic (exact) mass is 217 g/mol. The molecule has 1 aliphatic rings. The highest BCUT2D eigenvalue weighted by Crippen LogP contribution is 2.26. The Labute approximate surface area is 88.5 Å². The SMILES string of the molecule is Cl.Oc1ccc([C@@H]2CCCN2)cc1F. The fourth-order valence-corrected chi connectivity index (χ4v) is 1.71. The van der Waals surface area contributed by atoms with Gasteiger partial charge in [-0.15, -0.1) is 12.4 Å². The highest BCUT2D eigenvalue weighted by Gasteiger charge is 2.16. The van der Waals surface area contributed by atoms with Crippen molar-refractivity contribution in [2.24, 2.45) is 0 Å². The second-order valence-corrected chi connectivity index (χ2v) is 3.36. The topological polar surface area (TPSA) is 32.3 Å². The van der Waals surface area contributed by atoms with Crippen molar-refractivity contribution >= 4 is 12.4 Å². The van der Waals surface area contributed by atoms with Crippen LogP contribution < -0.4 is 5.32 Å². The van der Waals surface area contributed by atoms with Gasteiger partial charge in [-0.1, -0.05) is 6.07 Å². The smallest absolute Gasteiger partial charge is 0.165 e. The zero-order valence-electron chi connectivity index (χ0n) is 7.66. The molecule has 1 saturated heterocycles. The first kappa shape index (κ1) is 11.3. The number of halogens is 2. The molecule has 1 aromatic carbocycles. The predicted molar refractivity (Wildman–Crippen MR) is 55.3 cm³/mol. The van der Waals surface area contributed by atoms with Gasteiger partial charge in [0.2, 0.25) is 0 Å². The van der Waals surface area contributed by atoms with Crippen LogP contribution in [0.1, 0.15) is 24.4 Å². The number of hydrogen-bond donors (Lipinski definition) is 2. The van der Waals surface area contributed by atoms with Crippen LogP contribution in [-0.4, -0.2) is 11.7 Å². The summed E-state index contributed by atoms with van der Waals surface area (Å²) in [4.78, 5) is 0. The van der Waals surface area contributed by atoms with E-state index in [1.165, 1.54) is 12.1 Å². The molecule has 1 aromatic rings. The van der Waals surface area contributed by atoms with Crippen molar-refractivity contribution < 1.29 is 9.50 Å². The number of aromatic hydroxyl groups is 1. The lowest BCUT2D eigenvalue weighted by molar-refractivity contribution is 0.431. The number of benzene rings is 1. The van der Waals surface area contributed by atoms with E-state index >= 15 is 0 Å². The zero-order chi connectivity index (χ0) is 9.26. The molecule has 2 N–H and O–H groups in total. The molecule has 1 aliphatic heterocycles. The lowest BCUT2D eigenvalue weighted by Gasteiger charge is -2.10. The number of hydrogen-bond acceptors (Lipinski definition) is 2. The molecule has 78 valence electrons. The van der Waals surface area contributed by atoms with Gasteiger partial charge in [-0.2, -0.15) is 0 Å². The molecule has 2 nitrogen and oxygen atoms in total. The second-order valence-electron chi connectivity index (χ2n) is 3.36. The predicted octanol–water partition coefficient (Wildman–Crippen LogP) is 2.38.